The molecule has 0 heterocycles. The second-order valence-corrected chi connectivity index (χ2v) is 2.46. The molecule has 0 spiro atoms. The number of rotatable bonds is 2. The van der Waals surface area contributed by atoms with Crippen molar-refractivity contribution < 1.29 is 34.0 Å². The van der Waals surface area contributed by atoms with Crippen molar-refractivity contribution >= 4 is 17.6 Å². The van der Waals surface area contributed by atoms with Crippen LogP contribution in [0.4, 0.5) is 0 Å². The van der Waals surface area contributed by atoms with E-state index in [1.807, 2.05) is 0 Å². The van der Waals surface area contributed by atoms with Crippen LogP contribution in [-0.4, -0.2) is 11.8 Å². The van der Waals surface area contributed by atoms with Gasteiger partial charge in [0, 0.05) is 0 Å². The van der Waals surface area contributed by atoms with Crippen LogP contribution in [0.5, 0.6) is 0 Å². The van der Waals surface area contributed by atoms with Crippen LogP contribution in [0.3, 0.4) is 0 Å². The number of carbonyl (C=O) groups is 1. The van der Waals surface area contributed by atoms with Crippen LogP contribution in [-0.2, 0) is 34.0 Å². The molecule has 2 nitrogen and oxygen atoms in total. The van der Waals surface area contributed by atoms with Crippen molar-refractivity contribution in [2.45, 2.75) is 6.42 Å². The van der Waals surface area contributed by atoms with Gasteiger partial charge < -0.3 is 0 Å². The number of alkyl halides is 1. The first-order chi connectivity index (χ1) is 3.31. The molecule has 0 aromatic carbocycles. The standard InChI is InChI=1S/C3H5ClO2.Hg/c4-2-1-3(5)6;/h1-2H2,(H,5,6);/q;+1/p-1. The molecule has 0 unspecified atom stereocenters. The summed E-state index contributed by atoms with van der Waals surface area (Å²) >= 11 is 5.33. The van der Waals surface area contributed by atoms with E-state index in [4.69, 9.17) is 11.6 Å². The van der Waals surface area contributed by atoms with Crippen molar-refractivity contribution in [2.24, 2.45) is 0 Å². The molecule has 37 valence electrons. The Labute approximate surface area is 63.8 Å². The van der Waals surface area contributed by atoms with Crippen LogP contribution < -0.4 is 0 Å². The van der Waals surface area contributed by atoms with Gasteiger partial charge >= 0.3 is 63.9 Å². The van der Waals surface area contributed by atoms with E-state index < -0.39 is 0 Å². The van der Waals surface area contributed by atoms with Crippen LogP contribution >= 0.6 is 11.6 Å². The topological polar surface area (TPSA) is 26.3 Å². The molecule has 0 aliphatic heterocycles. The summed E-state index contributed by atoms with van der Waals surface area (Å²) in [6, 6.07) is 0. The molecule has 0 fully saturated rings. The summed E-state index contributed by atoms with van der Waals surface area (Å²) in [7, 11) is 0. The van der Waals surface area contributed by atoms with Gasteiger partial charge in [0.25, 0.3) is 0 Å². The average molecular weight is 308 g/mol. The molecule has 0 amide bonds. The zero-order valence-electron chi connectivity index (χ0n) is 3.82. The Morgan fingerprint density at radius 1 is 1.86 bits per heavy atom. The Bertz CT molecular complexity index is 66.0. The van der Waals surface area contributed by atoms with Gasteiger partial charge in [-0.2, -0.15) is 0 Å². The van der Waals surface area contributed by atoms with Gasteiger partial charge in [-0.05, 0) is 0 Å². The molecule has 0 rings (SSSR count). The van der Waals surface area contributed by atoms with Crippen molar-refractivity contribution in [2.75, 3.05) is 5.88 Å². The second-order valence-electron chi connectivity index (χ2n) is 0.955. The molecule has 7 heavy (non-hydrogen) atoms. The first-order valence-electron chi connectivity index (χ1n) is 1.82. The average Bonchev–Trinajstić information content (AvgIpc) is 1.68. The molecule has 0 bridgehead atoms. The van der Waals surface area contributed by atoms with Gasteiger partial charge in [0.2, 0.25) is 0 Å². The Balaban J connectivity index is 3.00. The van der Waals surface area contributed by atoms with Gasteiger partial charge in [0.15, 0.2) is 0 Å². The van der Waals surface area contributed by atoms with Gasteiger partial charge in [-0.25, -0.2) is 0 Å². The number of hydrogen-bond donors (Lipinski definition) is 0. The zero-order valence-corrected chi connectivity index (χ0v) is 10.1. The molecular formula is C3H4ClHgO2. The van der Waals surface area contributed by atoms with Crippen LogP contribution in [0.2, 0.25) is 0 Å². The van der Waals surface area contributed by atoms with Gasteiger partial charge in [-0.3, -0.25) is 0 Å². The molecular weight excluding hydrogens is 304 g/mol. The summed E-state index contributed by atoms with van der Waals surface area (Å²) in [5.41, 5.74) is 0. The molecule has 4 heteroatoms. The van der Waals surface area contributed by atoms with Gasteiger partial charge in [0.1, 0.15) is 0 Å². The minimum atomic E-state index is -0.168. The Hall–Kier alpha value is 0.695. The van der Waals surface area contributed by atoms with E-state index in [0.717, 1.165) is 0 Å². The monoisotopic (exact) mass is 309 g/mol. The van der Waals surface area contributed by atoms with E-state index in [-0.39, 0.29) is 32.5 Å². The molecule has 0 saturated heterocycles. The van der Waals surface area contributed by atoms with Gasteiger partial charge in [-0.1, -0.05) is 0 Å². The first kappa shape index (κ1) is 7.70. The van der Waals surface area contributed by atoms with Crippen LogP contribution in [0.1, 0.15) is 6.42 Å². The third-order valence-electron chi connectivity index (χ3n) is 0.460. The molecule has 0 aliphatic rings. The van der Waals surface area contributed by atoms with Crippen molar-refractivity contribution in [3.05, 3.63) is 0 Å². The van der Waals surface area contributed by atoms with E-state index in [2.05, 4.69) is 2.64 Å². The Kier molecular flexibility index (Phi) is 5.33. The fourth-order valence-electron chi connectivity index (χ4n) is 0.149. The summed E-state index contributed by atoms with van der Waals surface area (Å²) in [5, 5.41) is 0. The zero-order chi connectivity index (χ0) is 5.70. The summed E-state index contributed by atoms with van der Waals surface area (Å²) in [5.74, 6) is 0.203. The summed E-state index contributed by atoms with van der Waals surface area (Å²) < 4.78 is 4.46. The molecule has 0 aromatic heterocycles. The summed E-state index contributed by atoms with van der Waals surface area (Å²) in [6.45, 7) is 0. The normalized spacial score (nSPS) is 8.43. The molecule has 0 aliphatic carbocycles. The third kappa shape index (κ3) is 4.55. The van der Waals surface area contributed by atoms with E-state index in [1.54, 1.807) is 0 Å². The van der Waals surface area contributed by atoms with Crippen molar-refractivity contribution in [3.8, 4) is 0 Å². The fraction of sp³-hybridized carbons (Fsp3) is 0.667. The molecule has 0 N–H and O–H groups in total. The van der Waals surface area contributed by atoms with Gasteiger partial charge in [-0.15, -0.1) is 0 Å². The quantitative estimate of drug-likeness (QED) is 0.552. The maximum absolute atomic E-state index is 10.2. The number of halogens is 1. The number of hydrogen-bond acceptors (Lipinski definition) is 2. The Morgan fingerprint density at radius 3 is 2.57 bits per heavy atom. The number of carbonyl (C=O) groups excluding carboxylic acids is 1. The predicted octanol–water partition coefficient (Wildman–Crippen LogP) is 0.620. The SMILES string of the molecule is O=C(CCCl)[O][Hg]. The van der Waals surface area contributed by atoms with Crippen LogP contribution in [0.25, 0.3) is 0 Å². The summed E-state index contributed by atoms with van der Waals surface area (Å²) in [6.07, 6.45) is 0.352. The predicted molar refractivity (Wildman–Crippen MR) is 21.4 cm³/mol. The second kappa shape index (κ2) is 4.84. The van der Waals surface area contributed by atoms with Crippen molar-refractivity contribution in [1.29, 1.82) is 0 Å². The maximum atomic E-state index is 10.2. The van der Waals surface area contributed by atoms with Crippen molar-refractivity contribution in [1.82, 2.24) is 0 Å². The molecule has 0 saturated carbocycles. The van der Waals surface area contributed by atoms with E-state index in [1.165, 1.54) is 0 Å². The van der Waals surface area contributed by atoms with E-state index in [0.29, 0.717) is 12.3 Å². The molecule has 0 atom stereocenters. The third-order valence-corrected chi connectivity index (χ3v) is 1.90. The Morgan fingerprint density at radius 2 is 2.43 bits per heavy atom. The van der Waals surface area contributed by atoms with Crippen LogP contribution in [0.15, 0.2) is 0 Å². The van der Waals surface area contributed by atoms with E-state index in [9.17, 15) is 4.79 Å². The summed E-state index contributed by atoms with van der Waals surface area (Å²) in [4.78, 5) is 10.2. The van der Waals surface area contributed by atoms with Crippen LogP contribution in [0, 0.1) is 0 Å². The van der Waals surface area contributed by atoms with Gasteiger partial charge in [0.05, 0.1) is 0 Å². The first-order valence-corrected chi connectivity index (χ1v) is 4.60. The minimum absolute atomic E-state index is 0.134. The van der Waals surface area contributed by atoms with E-state index >= 15 is 0 Å². The molecule has 0 aromatic rings. The molecule has 0 radical (unpaired) electrons. The van der Waals surface area contributed by atoms with Crippen molar-refractivity contribution in [3.63, 3.8) is 0 Å². The fourth-order valence-corrected chi connectivity index (χ4v) is 0.865.